The second kappa shape index (κ2) is 8.88. The van der Waals surface area contributed by atoms with Crippen LogP contribution in [0, 0.1) is 6.92 Å². The number of carbonyl (C=O) groups is 1. The maximum Gasteiger partial charge on any atom is 0.262 e. The van der Waals surface area contributed by atoms with Crippen molar-refractivity contribution in [3.63, 3.8) is 0 Å². The van der Waals surface area contributed by atoms with Crippen molar-refractivity contribution in [1.29, 1.82) is 0 Å². The molecule has 0 spiro atoms. The molecule has 7 heteroatoms. The molecule has 2 heterocycles. The Balaban J connectivity index is 1.56. The van der Waals surface area contributed by atoms with E-state index in [4.69, 9.17) is 4.74 Å². The Morgan fingerprint density at radius 2 is 2.17 bits per heavy atom. The van der Waals surface area contributed by atoms with Gasteiger partial charge in [0.1, 0.15) is 17.0 Å². The lowest BCUT2D eigenvalue weighted by molar-refractivity contribution is 0.0936. The van der Waals surface area contributed by atoms with Crippen LogP contribution >= 0.6 is 11.3 Å². The van der Waals surface area contributed by atoms with E-state index in [9.17, 15) is 4.79 Å². The van der Waals surface area contributed by atoms with Crippen LogP contribution in [0.5, 0.6) is 0 Å². The molecule has 3 aromatic rings. The fourth-order valence-corrected chi connectivity index (χ4v) is 5.03. The summed E-state index contributed by atoms with van der Waals surface area (Å²) in [7, 11) is 1.70. The number of thiophene rings is 1. The normalized spacial score (nSPS) is 15.9. The van der Waals surface area contributed by atoms with Gasteiger partial charge in [-0.1, -0.05) is 24.3 Å². The van der Waals surface area contributed by atoms with E-state index in [1.165, 1.54) is 22.5 Å². The molecule has 1 aromatic carbocycles. The van der Waals surface area contributed by atoms with Gasteiger partial charge >= 0.3 is 0 Å². The van der Waals surface area contributed by atoms with Crippen LogP contribution in [0.4, 0.5) is 5.82 Å². The van der Waals surface area contributed by atoms with Gasteiger partial charge in [-0.15, -0.1) is 11.3 Å². The first-order valence-electron chi connectivity index (χ1n) is 10.0. The van der Waals surface area contributed by atoms with E-state index in [0.29, 0.717) is 11.5 Å². The Hall–Kier alpha value is -2.51. The second-order valence-corrected chi connectivity index (χ2v) is 8.35. The number of aromatic nitrogens is 2. The summed E-state index contributed by atoms with van der Waals surface area (Å²) < 4.78 is 5.10. The van der Waals surface area contributed by atoms with E-state index in [0.717, 1.165) is 53.8 Å². The topological polar surface area (TPSA) is 76.1 Å². The summed E-state index contributed by atoms with van der Waals surface area (Å²) in [5.74, 6) is 0.749. The van der Waals surface area contributed by atoms with Gasteiger partial charge in [0.15, 0.2) is 0 Å². The molecule has 29 heavy (non-hydrogen) atoms. The summed E-state index contributed by atoms with van der Waals surface area (Å²) in [5, 5.41) is 7.55. The third-order valence-corrected chi connectivity index (χ3v) is 6.62. The van der Waals surface area contributed by atoms with E-state index in [2.05, 4.69) is 38.8 Å². The van der Waals surface area contributed by atoms with Crippen LogP contribution in [-0.2, 0) is 11.2 Å². The Bertz CT molecular complexity index is 1020. The molecule has 1 amide bonds. The van der Waals surface area contributed by atoms with Crippen LogP contribution in [0.2, 0.25) is 0 Å². The molecule has 1 atom stereocenters. The van der Waals surface area contributed by atoms with Crippen LogP contribution in [0.25, 0.3) is 10.2 Å². The van der Waals surface area contributed by atoms with Gasteiger partial charge in [0.2, 0.25) is 0 Å². The molecule has 1 aliphatic carbocycles. The molecule has 0 bridgehead atoms. The number of benzene rings is 1. The molecule has 1 unspecified atom stereocenters. The lowest BCUT2D eigenvalue weighted by atomic mass is 9.87. The number of hydrogen-bond acceptors (Lipinski definition) is 6. The van der Waals surface area contributed by atoms with Crippen molar-refractivity contribution < 1.29 is 9.53 Å². The number of carbonyl (C=O) groups excluding carboxylic acids is 1. The van der Waals surface area contributed by atoms with E-state index in [1.807, 2.05) is 13.0 Å². The third-order valence-electron chi connectivity index (χ3n) is 5.43. The van der Waals surface area contributed by atoms with Crippen molar-refractivity contribution in [3.8, 4) is 0 Å². The first-order chi connectivity index (χ1) is 14.2. The number of nitrogens with one attached hydrogen (secondary N) is 2. The second-order valence-electron chi connectivity index (χ2n) is 7.35. The average Bonchev–Trinajstić information content (AvgIpc) is 3.09. The minimum atomic E-state index is -0.0301. The molecule has 0 aliphatic heterocycles. The molecule has 0 radical (unpaired) electrons. The van der Waals surface area contributed by atoms with Gasteiger partial charge in [0, 0.05) is 20.3 Å². The number of rotatable bonds is 7. The molecule has 1 aliphatic rings. The molecule has 6 nitrogen and oxygen atoms in total. The zero-order chi connectivity index (χ0) is 20.2. The highest BCUT2D eigenvalue weighted by molar-refractivity contribution is 7.20. The van der Waals surface area contributed by atoms with Gasteiger partial charge in [-0.05, 0) is 49.3 Å². The van der Waals surface area contributed by atoms with Gasteiger partial charge in [0.05, 0.1) is 16.3 Å². The molecule has 4 rings (SSSR count). The molecule has 2 N–H and O–H groups in total. The summed E-state index contributed by atoms with van der Waals surface area (Å²) in [6, 6.07) is 8.47. The van der Waals surface area contributed by atoms with E-state index >= 15 is 0 Å². The zero-order valence-corrected chi connectivity index (χ0v) is 17.6. The number of aryl methyl sites for hydroxylation is 2. The lowest BCUT2D eigenvalue weighted by Crippen LogP contribution is -2.30. The van der Waals surface area contributed by atoms with Crippen molar-refractivity contribution in [1.82, 2.24) is 15.3 Å². The number of methoxy groups -OCH3 is 1. The van der Waals surface area contributed by atoms with Gasteiger partial charge in [-0.3, -0.25) is 4.79 Å². The molecular weight excluding hydrogens is 384 g/mol. The summed E-state index contributed by atoms with van der Waals surface area (Å²) in [6.45, 7) is 3.43. The minimum Gasteiger partial charge on any atom is -0.385 e. The molecule has 152 valence electrons. The Morgan fingerprint density at radius 3 is 3.03 bits per heavy atom. The van der Waals surface area contributed by atoms with Crippen molar-refractivity contribution in [2.45, 2.75) is 38.6 Å². The lowest BCUT2D eigenvalue weighted by Gasteiger charge is -2.26. The monoisotopic (exact) mass is 410 g/mol. The number of nitrogens with zero attached hydrogens (tertiary/aromatic N) is 2. The fourth-order valence-electron chi connectivity index (χ4n) is 3.97. The van der Waals surface area contributed by atoms with Crippen LogP contribution in [0.3, 0.4) is 0 Å². The van der Waals surface area contributed by atoms with Gasteiger partial charge in [-0.25, -0.2) is 9.97 Å². The van der Waals surface area contributed by atoms with E-state index < -0.39 is 0 Å². The van der Waals surface area contributed by atoms with Crippen LogP contribution < -0.4 is 10.6 Å². The smallest absolute Gasteiger partial charge is 0.262 e. The fraction of sp³-hybridized carbons (Fsp3) is 0.409. The Labute approximate surface area is 174 Å². The zero-order valence-electron chi connectivity index (χ0n) is 16.8. The summed E-state index contributed by atoms with van der Waals surface area (Å²) in [4.78, 5) is 23.5. The maximum atomic E-state index is 13.1. The van der Waals surface area contributed by atoms with Crippen LogP contribution in [0.1, 0.15) is 51.7 Å². The highest BCUT2D eigenvalue weighted by Crippen LogP contribution is 2.35. The Morgan fingerprint density at radius 1 is 1.31 bits per heavy atom. The molecular formula is C22H26N4O2S. The molecule has 2 aromatic heterocycles. The summed E-state index contributed by atoms with van der Waals surface area (Å²) >= 11 is 1.43. The largest absolute Gasteiger partial charge is 0.385 e. The SMILES string of the molecule is COCCCNc1ncnc2sc(C(=O)NC3CCCc4ccccc43)c(C)c12. The Kier molecular flexibility index (Phi) is 6.06. The summed E-state index contributed by atoms with van der Waals surface area (Å²) in [5.41, 5.74) is 3.51. The van der Waals surface area contributed by atoms with Crippen molar-refractivity contribution in [2.75, 3.05) is 25.6 Å². The molecule has 0 saturated heterocycles. The van der Waals surface area contributed by atoms with Gasteiger partial charge in [0.25, 0.3) is 5.91 Å². The van der Waals surface area contributed by atoms with Crippen LogP contribution in [0.15, 0.2) is 30.6 Å². The number of anilines is 1. The van der Waals surface area contributed by atoms with Gasteiger partial charge in [-0.2, -0.15) is 0 Å². The van der Waals surface area contributed by atoms with Gasteiger partial charge < -0.3 is 15.4 Å². The van der Waals surface area contributed by atoms with Crippen LogP contribution in [-0.4, -0.2) is 36.1 Å². The minimum absolute atomic E-state index is 0.0301. The van der Waals surface area contributed by atoms with Crippen molar-refractivity contribution in [3.05, 3.63) is 52.2 Å². The average molecular weight is 411 g/mol. The van der Waals surface area contributed by atoms with E-state index in [-0.39, 0.29) is 11.9 Å². The quantitative estimate of drug-likeness (QED) is 0.569. The predicted molar refractivity (Wildman–Crippen MR) is 117 cm³/mol. The highest BCUT2D eigenvalue weighted by atomic mass is 32.1. The number of ether oxygens (including phenoxy) is 1. The first-order valence-corrected chi connectivity index (χ1v) is 10.9. The molecule has 0 fully saturated rings. The third kappa shape index (κ3) is 4.11. The number of fused-ring (bicyclic) bond motifs is 2. The van der Waals surface area contributed by atoms with Crippen molar-refractivity contribution >= 4 is 33.3 Å². The van der Waals surface area contributed by atoms with E-state index in [1.54, 1.807) is 13.4 Å². The maximum absolute atomic E-state index is 13.1. The first kappa shape index (κ1) is 19.8. The number of amides is 1. The highest BCUT2D eigenvalue weighted by Gasteiger charge is 2.25. The predicted octanol–water partition coefficient (Wildman–Crippen LogP) is 4.26. The summed E-state index contributed by atoms with van der Waals surface area (Å²) in [6.07, 6.45) is 5.58. The van der Waals surface area contributed by atoms with Crippen molar-refractivity contribution in [2.24, 2.45) is 0 Å². The molecule has 0 saturated carbocycles. The standard InChI is InChI=1S/C22H26N4O2S/c1-14-18-20(23-11-6-12-28-2)24-13-25-22(18)29-19(14)21(27)26-17-10-5-8-15-7-3-4-9-16(15)17/h3-4,7,9,13,17H,5-6,8,10-12H2,1-2H3,(H,26,27)(H,23,24,25). The number of hydrogen-bond donors (Lipinski definition) is 2.